The predicted octanol–water partition coefficient (Wildman–Crippen LogP) is 1.82. The van der Waals surface area contributed by atoms with Crippen LogP contribution in [0.1, 0.15) is 37.0 Å². The molecule has 0 spiro atoms. The monoisotopic (exact) mass is 288 g/mol. The van der Waals surface area contributed by atoms with Gasteiger partial charge in [-0.05, 0) is 39.3 Å². The molecule has 3 rings (SSSR count). The SMILES string of the molecule is CCNc1ccncc1C(=O)N1CC2CCCN2CC1C. The Labute approximate surface area is 126 Å². The van der Waals surface area contributed by atoms with Gasteiger partial charge in [-0.1, -0.05) is 0 Å². The number of rotatable bonds is 3. The molecule has 2 fully saturated rings. The van der Waals surface area contributed by atoms with Crippen LogP contribution >= 0.6 is 0 Å². The van der Waals surface area contributed by atoms with E-state index in [1.165, 1.54) is 19.4 Å². The highest BCUT2D eigenvalue weighted by Crippen LogP contribution is 2.27. The van der Waals surface area contributed by atoms with Crippen LogP contribution in [-0.4, -0.2) is 59.0 Å². The van der Waals surface area contributed by atoms with Gasteiger partial charge in [-0.25, -0.2) is 0 Å². The third-order valence-corrected chi connectivity index (χ3v) is 4.62. The number of carbonyl (C=O) groups excluding carboxylic acids is 1. The molecule has 3 heterocycles. The first kappa shape index (κ1) is 14.3. The lowest BCUT2D eigenvalue weighted by atomic mass is 10.1. The largest absolute Gasteiger partial charge is 0.385 e. The minimum Gasteiger partial charge on any atom is -0.385 e. The predicted molar refractivity (Wildman–Crippen MR) is 83.5 cm³/mol. The van der Waals surface area contributed by atoms with Gasteiger partial charge in [-0.15, -0.1) is 0 Å². The van der Waals surface area contributed by atoms with Gasteiger partial charge < -0.3 is 10.2 Å². The summed E-state index contributed by atoms with van der Waals surface area (Å²) in [6, 6.07) is 2.69. The lowest BCUT2D eigenvalue weighted by molar-refractivity contribution is 0.0396. The van der Waals surface area contributed by atoms with E-state index in [0.717, 1.165) is 25.3 Å². The minimum absolute atomic E-state index is 0.109. The van der Waals surface area contributed by atoms with Crippen molar-refractivity contribution in [2.75, 3.05) is 31.5 Å². The van der Waals surface area contributed by atoms with Crippen molar-refractivity contribution in [3.05, 3.63) is 24.0 Å². The number of hydrogen-bond acceptors (Lipinski definition) is 4. The van der Waals surface area contributed by atoms with Gasteiger partial charge >= 0.3 is 0 Å². The number of fused-ring (bicyclic) bond motifs is 1. The van der Waals surface area contributed by atoms with Gasteiger partial charge in [-0.2, -0.15) is 0 Å². The molecule has 1 aromatic heterocycles. The Hall–Kier alpha value is -1.62. The van der Waals surface area contributed by atoms with Crippen LogP contribution < -0.4 is 5.32 Å². The Bertz CT molecular complexity index is 519. The molecule has 21 heavy (non-hydrogen) atoms. The molecule has 0 radical (unpaired) electrons. The molecule has 5 nitrogen and oxygen atoms in total. The van der Waals surface area contributed by atoms with Crippen LogP contribution in [0.4, 0.5) is 5.69 Å². The quantitative estimate of drug-likeness (QED) is 0.922. The van der Waals surface area contributed by atoms with Gasteiger partial charge in [0.25, 0.3) is 5.91 Å². The first-order chi connectivity index (χ1) is 10.2. The van der Waals surface area contributed by atoms with E-state index in [9.17, 15) is 4.79 Å². The lowest BCUT2D eigenvalue weighted by Gasteiger charge is -2.42. The summed E-state index contributed by atoms with van der Waals surface area (Å²) in [5, 5.41) is 3.26. The van der Waals surface area contributed by atoms with Crippen LogP contribution in [-0.2, 0) is 0 Å². The number of anilines is 1. The van der Waals surface area contributed by atoms with E-state index in [1.54, 1.807) is 12.4 Å². The molecule has 2 aliphatic rings. The molecule has 1 amide bonds. The van der Waals surface area contributed by atoms with Gasteiger partial charge in [-0.3, -0.25) is 14.7 Å². The van der Waals surface area contributed by atoms with Crippen molar-refractivity contribution < 1.29 is 4.79 Å². The number of piperazine rings is 1. The number of hydrogen-bond donors (Lipinski definition) is 1. The lowest BCUT2D eigenvalue weighted by Crippen LogP contribution is -2.56. The zero-order valence-electron chi connectivity index (χ0n) is 12.9. The highest BCUT2D eigenvalue weighted by Gasteiger charge is 2.37. The average Bonchev–Trinajstić information content (AvgIpc) is 2.94. The topological polar surface area (TPSA) is 48.5 Å². The van der Waals surface area contributed by atoms with Crippen molar-refractivity contribution in [1.82, 2.24) is 14.8 Å². The zero-order valence-corrected chi connectivity index (χ0v) is 12.9. The fraction of sp³-hybridized carbons (Fsp3) is 0.625. The summed E-state index contributed by atoms with van der Waals surface area (Å²) in [6.45, 7) is 8.01. The molecular weight excluding hydrogens is 264 g/mol. The third kappa shape index (κ3) is 2.75. The number of pyridine rings is 1. The van der Waals surface area contributed by atoms with Gasteiger partial charge in [0.15, 0.2) is 0 Å². The summed E-state index contributed by atoms with van der Waals surface area (Å²) in [4.78, 5) is 21.6. The van der Waals surface area contributed by atoms with Crippen LogP contribution in [0.2, 0.25) is 0 Å². The summed E-state index contributed by atoms with van der Waals surface area (Å²) in [5.74, 6) is 0.109. The van der Waals surface area contributed by atoms with Crippen molar-refractivity contribution in [1.29, 1.82) is 0 Å². The number of amides is 1. The fourth-order valence-corrected chi connectivity index (χ4v) is 3.53. The first-order valence-electron chi connectivity index (χ1n) is 7.93. The van der Waals surface area contributed by atoms with Gasteiger partial charge in [0.1, 0.15) is 0 Å². The molecule has 0 aromatic carbocycles. The number of nitrogens with one attached hydrogen (secondary N) is 1. The molecule has 1 aromatic rings. The van der Waals surface area contributed by atoms with Crippen molar-refractivity contribution in [3.8, 4) is 0 Å². The fourth-order valence-electron chi connectivity index (χ4n) is 3.53. The Morgan fingerprint density at radius 1 is 1.48 bits per heavy atom. The maximum atomic E-state index is 12.9. The molecule has 1 N–H and O–H groups in total. The average molecular weight is 288 g/mol. The van der Waals surface area contributed by atoms with Crippen LogP contribution in [0.5, 0.6) is 0 Å². The Morgan fingerprint density at radius 3 is 3.14 bits per heavy atom. The number of aromatic nitrogens is 1. The smallest absolute Gasteiger partial charge is 0.257 e. The third-order valence-electron chi connectivity index (χ3n) is 4.62. The van der Waals surface area contributed by atoms with Crippen molar-refractivity contribution >= 4 is 11.6 Å². The second kappa shape index (κ2) is 6.02. The van der Waals surface area contributed by atoms with Gasteiger partial charge in [0.05, 0.1) is 11.3 Å². The maximum Gasteiger partial charge on any atom is 0.257 e. The van der Waals surface area contributed by atoms with E-state index >= 15 is 0 Å². The summed E-state index contributed by atoms with van der Waals surface area (Å²) in [5.41, 5.74) is 1.58. The Morgan fingerprint density at radius 2 is 2.33 bits per heavy atom. The van der Waals surface area contributed by atoms with Crippen LogP contribution in [0.15, 0.2) is 18.5 Å². The molecule has 114 valence electrons. The van der Waals surface area contributed by atoms with Gasteiger partial charge in [0, 0.05) is 44.1 Å². The summed E-state index contributed by atoms with van der Waals surface area (Å²) < 4.78 is 0. The summed E-state index contributed by atoms with van der Waals surface area (Å²) in [6.07, 6.45) is 5.89. The van der Waals surface area contributed by atoms with E-state index in [1.807, 2.05) is 17.9 Å². The molecule has 0 aliphatic carbocycles. The molecule has 0 saturated carbocycles. The standard InChI is InChI=1S/C16H24N4O/c1-3-18-15-6-7-17-9-14(15)16(21)20-11-13-5-4-8-19(13)10-12(20)2/h6-7,9,12-13H,3-5,8,10-11H2,1-2H3,(H,17,18). The first-order valence-corrected chi connectivity index (χ1v) is 7.93. The number of nitrogens with zero attached hydrogens (tertiary/aromatic N) is 3. The van der Waals surface area contributed by atoms with E-state index in [2.05, 4.69) is 22.1 Å². The van der Waals surface area contributed by atoms with Crippen LogP contribution in [0, 0.1) is 0 Å². The molecule has 0 bridgehead atoms. The molecule has 2 unspecified atom stereocenters. The molecule has 2 aliphatic heterocycles. The van der Waals surface area contributed by atoms with E-state index in [-0.39, 0.29) is 11.9 Å². The molecule has 2 saturated heterocycles. The van der Waals surface area contributed by atoms with Crippen molar-refractivity contribution in [2.45, 2.75) is 38.8 Å². The summed E-state index contributed by atoms with van der Waals surface area (Å²) in [7, 11) is 0. The Balaban J connectivity index is 1.81. The maximum absolute atomic E-state index is 12.9. The van der Waals surface area contributed by atoms with E-state index in [0.29, 0.717) is 11.6 Å². The van der Waals surface area contributed by atoms with Crippen LogP contribution in [0.25, 0.3) is 0 Å². The van der Waals surface area contributed by atoms with Gasteiger partial charge in [0.2, 0.25) is 0 Å². The molecular formula is C16H24N4O. The van der Waals surface area contributed by atoms with Crippen molar-refractivity contribution in [2.24, 2.45) is 0 Å². The van der Waals surface area contributed by atoms with Crippen LogP contribution in [0.3, 0.4) is 0 Å². The normalized spacial score (nSPS) is 25.7. The highest BCUT2D eigenvalue weighted by atomic mass is 16.2. The van der Waals surface area contributed by atoms with Crippen molar-refractivity contribution in [3.63, 3.8) is 0 Å². The Kier molecular flexibility index (Phi) is 4.10. The van der Waals surface area contributed by atoms with E-state index < -0.39 is 0 Å². The highest BCUT2D eigenvalue weighted by molar-refractivity contribution is 5.99. The molecule has 5 heteroatoms. The summed E-state index contributed by atoms with van der Waals surface area (Å²) >= 11 is 0. The molecule has 2 atom stereocenters. The van der Waals surface area contributed by atoms with E-state index in [4.69, 9.17) is 0 Å². The second-order valence-electron chi connectivity index (χ2n) is 6.05. The minimum atomic E-state index is 0.109. The number of carbonyl (C=O) groups is 1. The second-order valence-corrected chi connectivity index (χ2v) is 6.05. The zero-order chi connectivity index (χ0) is 14.8.